The number of esters is 1. The predicted molar refractivity (Wildman–Crippen MR) is 87.9 cm³/mol. The average molecular weight is 345 g/mol. The summed E-state index contributed by atoms with van der Waals surface area (Å²) in [4.78, 5) is 23.0. The van der Waals surface area contributed by atoms with Crippen LogP contribution in [0.25, 0.3) is 0 Å². The van der Waals surface area contributed by atoms with Crippen molar-refractivity contribution in [2.75, 3.05) is 25.6 Å². The van der Waals surface area contributed by atoms with E-state index in [0.717, 1.165) is 0 Å². The number of anilines is 1. The molecule has 1 aromatic carbocycles. The van der Waals surface area contributed by atoms with E-state index in [1.165, 1.54) is 7.11 Å². The van der Waals surface area contributed by atoms with E-state index in [1.807, 2.05) is 0 Å². The van der Waals surface area contributed by atoms with E-state index >= 15 is 0 Å². The maximum atomic E-state index is 11.7. The van der Waals surface area contributed by atoms with Crippen molar-refractivity contribution in [2.24, 2.45) is 0 Å². The Labute approximate surface area is 139 Å². The maximum absolute atomic E-state index is 11.7. The molecule has 0 aliphatic rings. The summed E-state index contributed by atoms with van der Waals surface area (Å²) < 4.78 is 9.58. The molecule has 1 rings (SSSR count). The van der Waals surface area contributed by atoms with Gasteiger partial charge in [-0.2, -0.15) is 0 Å². The number of benzene rings is 1. The van der Waals surface area contributed by atoms with Gasteiger partial charge in [0.05, 0.1) is 23.7 Å². The van der Waals surface area contributed by atoms with E-state index in [4.69, 9.17) is 33.3 Å². The van der Waals surface area contributed by atoms with Gasteiger partial charge in [-0.05, 0) is 24.4 Å². The average Bonchev–Trinajstić information content (AvgIpc) is 2.48. The van der Waals surface area contributed by atoms with Crippen LogP contribution in [0.15, 0.2) is 24.3 Å². The molecule has 0 fully saturated rings. The Morgan fingerprint density at radius 2 is 1.95 bits per heavy atom. The standard InChI is InChI=1S/C14H17ClN2O4S/c1-20-8-9-21-13(19)7-6-12(18)17-14(22)16-11-5-3-2-4-10(11)15/h2-5H,6-9H2,1H3,(H2,16,17,18,22). The zero-order valence-electron chi connectivity index (χ0n) is 12.1. The highest BCUT2D eigenvalue weighted by atomic mass is 35.5. The molecule has 8 heteroatoms. The number of thiocarbonyl (C=S) groups is 1. The van der Waals surface area contributed by atoms with Crippen LogP contribution in [0.2, 0.25) is 5.02 Å². The van der Waals surface area contributed by atoms with Crippen molar-refractivity contribution in [3.05, 3.63) is 29.3 Å². The third-order valence-corrected chi connectivity index (χ3v) is 3.02. The topological polar surface area (TPSA) is 76.7 Å². The third-order valence-electron chi connectivity index (χ3n) is 2.48. The SMILES string of the molecule is COCCOC(=O)CCC(=O)NC(=S)Nc1ccccc1Cl. The lowest BCUT2D eigenvalue weighted by atomic mass is 10.3. The molecule has 0 saturated heterocycles. The fourth-order valence-electron chi connectivity index (χ4n) is 1.43. The third kappa shape index (κ3) is 7.35. The summed E-state index contributed by atoms with van der Waals surface area (Å²) in [5.41, 5.74) is 0.591. The smallest absolute Gasteiger partial charge is 0.306 e. The number of para-hydroxylation sites is 1. The van der Waals surface area contributed by atoms with Gasteiger partial charge in [-0.25, -0.2) is 0 Å². The Kier molecular flexibility index (Phi) is 8.42. The second kappa shape index (κ2) is 10.1. The Morgan fingerprint density at radius 1 is 1.23 bits per heavy atom. The van der Waals surface area contributed by atoms with Crippen LogP contribution < -0.4 is 10.6 Å². The lowest BCUT2D eigenvalue weighted by molar-refractivity contribution is -0.146. The number of nitrogens with one attached hydrogen (secondary N) is 2. The lowest BCUT2D eigenvalue weighted by Crippen LogP contribution is -2.34. The number of carbonyl (C=O) groups is 2. The molecule has 0 saturated carbocycles. The summed E-state index contributed by atoms with van der Waals surface area (Å²) in [5.74, 6) is -0.842. The minimum atomic E-state index is -0.461. The largest absolute Gasteiger partial charge is 0.463 e. The monoisotopic (exact) mass is 344 g/mol. The van der Waals surface area contributed by atoms with Crippen molar-refractivity contribution >= 4 is 46.5 Å². The van der Waals surface area contributed by atoms with Crippen LogP contribution in [0, 0.1) is 0 Å². The molecule has 0 aliphatic heterocycles. The molecule has 120 valence electrons. The highest BCUT2D eigenvalue weighted by molar-refractivity contribution is 7.80. The quantitative estimate of drug-likeness (QED) is 0.448. The van der Waals surface area contributed by atoms with Gasteiger partial charge < -0.3 is 20.1 Å². The van der Waals surface area contributed by atoms with Crippen molar-refractivity contribution in [3.8, 4) is 0 Å². The lowest BCUT2D eigenvalue weighted by Gasteiger charge is -2.10. The van der Waals surface area contributed by atoms with Crippen LogP contribution in [-0.2, 0) is 19.1 Å². The van der Waals surface area contributed by atoms with E-state index in [9.17, 15) is 9.59 Å². The maximum Gasteiger partial charge on any atom is 0.306 e. The normalized spacial score (nSPS) is 9.91. The van der Waals surface area contributed by atoms with Gasteiger partial charge in [-0.1, -0.05) is 23.7 Å². The minimum Gasteiger partial charge on any atom is -0.463 e. The van der Waals surface area contributed by atoms with E-state index < -0.39 is 5.97 Å². The van der Waals surface area contributed by atoms with Crippen LogP contribution in [-0.4, -0.2) is 37.3 Å². The first kappa shape index (κ1) is 18.3. The zero-order chi connectivity index (χ0) is 16.4. The number of hydrogen-bond donors (Lipinski definition) is 2. The molecule has 1 amide bonds. The van der Waals surface area contributed by atoms with Crippen molar-refractivity contribution in [1.29, 1.82) is 0 Å². The van der Waals surface area contributed by atoms with Crippen LogP contribution in [0.5, 0.6) is 0 Å². The highest BCUT2D eigenvalue weighted by Crippen LogP contribution is 2.20. The molecule has 0 radical (unpaired) electrons. The van der Waals surface area contributed by atoms with Gasteiger partial charge >= 0.3 is 5.97 Å². The molecule has 1 aromatic rings. The van der Waals surface area contributed by atoms with E-state index in [1.54, 1.807) is 24.3 Å². The fourth-order valence-corrected chi connectivity index (χ4v) is 1.84. The first-order valence-electron chi connectivity index (χ1n) is 6.53. The second-order valence-corrected chi connectivity index (χ2v) is 5.01. The molecule has 0 spiro atoms. The number of methoxy groups -OCH3 is 1. The van der Waals surface area contributed by atoms with E-state index in [-0.39, 0.29) is 30.5 Å². The van der Waals surface area contributed by atoms with Crippen LogP contribution >= 0.6 is 23.8 Å². The first-order chi connectivity index (χ1) is 10.5. The zero-order valence-corrected chi connectivity index (χ0v) is 13.6. The van der Waals surface area contributed by atoms with Crippen molar-refractivity contribution in [3.63, 3.8) is 0 Å². The van der Waals surface area contributed by atoms with Gasteiger partial charge in [0.1, 0.15) is 6.61 Å². The number of amides is 1. The predicted octanol–water partition coefficient (Wildman–Crippen LogP) is 2.12. The minimum absolute atomic E-state index is 0.0177. The molecule has 0 bridgehead atoms. The summed E-state index contributed by atoms with van der Waals surface area (Å²) in [6, 6.07) is 7.00. The number of carbonyl (C=O) groups excluding carboxylic acids is 2. The first-order valence-corrected chi connectivity index (χ1v) is 7.31. The Hall–Kier alpha value is -1.70. The van der Waals surface area contributed by atoms with Gasteiger partial charge in [0, 0.05) is 13.5 Å². The Balaban J connectivity index is 2.28. The van der Waals surface area contributed by atoms with E-state index in [0.29, 0.717) is 17.3 Å². The summed E-state index contributed by atoms with van der Waals surface area (Å²) >= 11 is 11.0. The van der Waals surface area contributed by atoms with Crippen molar-refractivity contribution < 1.29 is 19.1 Å². The number of halogens is 1. The second-order valence-electron chi connectivity index (χ2n) is 4.20. The molecule has 6 nitrogen and oxygen atoms in total. The molecule has 0 atom stereocenters. The molecule has 0 aliphatic carbocycles. The summed E-state index contributed by atoms with van der Waals surface area (Å²) in [7, 11) is 1.51. The fraction of sp³-hybridized carbons (Fsp3) is 0.357. The molecule has 0 heterocycles. The van der Waals surface area contributed by atoms with Gasteiger partial charge in [0.15, 0.2) is 5.11 Å². The van der Waals surface area contributed by atoms with Gasteiger partial charge in [0.25, 0.3) is 0 Å². The van der Waals surface area contributed by atoms with Crippen LogP contribution in [0.4, 0.5) is 5.69 Å². The Bertz CT molecular complexity index is 539. The summed E-state index contributed by atoms with van der Waals surface area (Å²) in [6.45, 7) is 0.493. The molecular formula is C14H17ClN2O4S. The van der Waals surface area contributed by atoms with Crippen LogP contribution in [0.1, 0.15) is 12.8 Å². The summed E-state index contributed by atoms with van der Waals surface area (Å²) in [6.07, 6.45) is -0.0413. The molecule has 22 heavy (non-hydrogen) atoms. The van der Waals surface area contributed by atoms with E-state index in [2.05, 4.69) is 10.6 Å². The molecule has 0 aromatic heterocycles. The molecule has 2 N–H and O–H groups in total. The Morgan fingerprint density at radius 3 is 2.64 bits per heavy atom. The number of rotatable bonds is 7. The number of ether oxygens (including phenoxy) is 2. The van der Waals surface area contributed by atoms with Crippen LogP contribution in [0.3, 0.4) is 0 Å². The van der Waals surface area contributed by atoms with Crippen molar-refractivity contribution in [1.82, 2.24) is 5.32 Å². The molecule has 0 unspecified atom stereocenters. The van der Waals surface area contributed by atoms with Gasteiger partial charge in [0.2, 0.25) is 5.91 Å². The summed E-state index contributed by atoms with van der Waals surface area (Å²) in [5, 5.41) is 5.88. The van der Waals surface area contributed by atoms with Gasteiger partial charge in [-0.3, -0.25) is 9.59 Å². The highest BCUT2D eigenvalue weighted by Gasteiger charge is 2.10. The van der Waals surface area contributed by atoms with Gasteiger partial charge in [-0.15, -0.1) is 0 Å². The molecular weight excluding hydrogens is 328 g/mol. The number of hydrogen-bond acceptors (Lipinski definition) is 5. The van der Waals surface area contributed by atoms with Crippen molar-refractivity contribution in [2.45, 2.75) is 12.8 Å².